The highest BCUT2D eigenvalue weighted by atomic mass is 32.2. The number of fused-ring (bicyclic) bond motifs is 1. The lowest BCUT2D eigenvalue weighted by atomic mass is 9.99. The summed E-state index contributed by atoms with van der Waals surface area (Å²) in [4.78, 5) is 0. The summed E-state index contributed by atoms with van der Waals surface area (Å²) in [5.74, 6) is 0.259. The molecule has 112 valence electrons. The second-order valence-corrected chi connectivity index (χ2v) is 6.64. The third-order valence-corrected chi connectivity index (χ3v) is 4.59. The Hall–Kier alpha value is -1.24. The molecule has 0 fully saturated rings. The van der Waals surface area contributed by atoms with E-state index in [0.717, 1.165) is 13.0 Å². The summed E-state index contributed by atoms with van der Waals surface area (Å²) in [5.41, 5.74) is 3.85. The predicted octanol–water partition coefficient (Wildman–Crippen LogP) is 2.40. The maximum Gasteiger partial charge on any atom is 0.264 e. The van der Waals surface area contributed by atoms with Gasteiger partial charge in [-0.25, -0.2) is 0 Å². The van der Waals surface area contributed by atoms with E-state index < -0.39 is 10.1 Å². The molecule has 0 saturated heterocycles. The van der Waals surface area contributed by atoms with Crippen LogP contribution < -0.4 is 0 Å². The molecule has 0 amide bonds. The first kappa shape index (κ1) is 16.8. The zero-order chi connectivity index (χ0) is 14.0. The molecule has 1 aliphatic heterocycles. The fraction of sp³-hybridized carbons (Fsp3) is 0.500. The second kappa shape index (κ2) is 6.47. The molecule has 1 aromatic rings. The van der Waals surface area contributed by atoms with Gasteiger partial charge < -0.3 is 5.48 Å². The van der Waals surface area contributed by atoms with Crippen molar-refractivity contribution in [3.8, 4) is 0 Å². The van der Waals surface area contributed by atoms with Crippen LogP contribution in [0, 0.1) is 0 Å². The Labute approximate surface area is 120 Å². The summed E-state index contributed by atoms with van der Waals surface area (Å²) in [6.07, 6.45) is 1.23. The lowest BCUT2D eigenvalue weighted by Crippen LogP contribution is -2.14. The molecule has 0 saturated carbocycles. The van der Waals surface area contributed by atoms with Crippen molar-refractivity contribution in [3.05, 3.63) is 29.8 Å². The van der Waals surface area contributed by atoms with Crippen molar-refractivity contribution in [1.82, 2.24) is 0 Å². The molecule has 1 aliphatic rings. The topological polar surface area (TPSA) is 87.4 Å². The Kier molecular flexibility index (Phi) is 5.44. The lowest BCUT2D eigenvalue weighted by molar-refractivity contribution is -0.439. The van der Waals surface area contributed by atoms with Gasteiger partial charge in [-0.3, -0.25) is 4.55 Å². The lowest BCUT2D eigenvalue weighted by Gasteiger charge is -2.01. The van der Waals surface area contributed by atoms with Gasteiger partial charge >= 0.3 is 0 Å². The van der Waals surface area contributed by atoms with E-state index in [1.165, 1.54) is 17.0 Å². The average molecular weight is 299 g/mol. The molecular weight excluding hydrogens is 278 g/mol. The number of rotatable bonds is 5. The highest BCUT2D eigenvalue weighted by Gasteiger charge is 2.32. The number of hydrogen-bond acceptors (Lipinski definition) is 3. The molecule has 1 atom stereocenters. The van der Waals surface area contributed by atoms with Crippen LogP contribution >= 0.6 is 0 Å². The van der Waals surface area contributed by atoms with Crippen LogP contribution in [0.25, 0.3) is 0 Å². The van der Waals surface area contributed by atoms with Crippen molar-refractivity contribution in [2.75, 3.05) is 12.3 Å². The molecule has 0 spiro atoms. The van der Waals surface area contributed by atoms with Gasteiger partial charge in [0.05, 0.1) is 11.7 Å². The monoisotopic (exact) mass is 299 g/mol. The predicted molar refractivity (Wildman–Crippen MR) is 77.9 cm³/mol. The number of nitrogens with zero attached hydrogens (tertiary/aromatic N) is 1. The zero-order valence-electron chi connectivity index (χ0n) is 11.8. The Morgan fingerprint density at radius 2 is 1.90 bits per heavy atom. The molecule has 6 heteroatoms. The molecule has 5 nitrogen and oxygen atoms in total. The normalized spacial score (nSPS) is 17.9. The quantitative estimate of drug-likeness (QED) is 0.514. The Balaban J connectivity index is 0.00000200. The third-order valence-electron chi connectivity index (χ3n) is 3.78. The number of hydrogen-bond donors (Lipinski definition) is 1. The average Bonchev–Trinajstić information content (AvgIpc) is 2.58. The standard InChI is InChI=1S/C14H19NO3S.H2O/c1-11-12(2)15(9-5-6-10-19(16,17)18)14-8-4-3-7-13(11)14;/h3-4,7-8,11H,5-6,9-10H2,1-2H3;1H2. The molecule has 0 radical (unpaired) electrons. The number of benzene rings is 1. The van der Waals surface area contributed by atoms with Crippen LogP contribution in [0.4, 0.5) is 5.69 Å². The van der Waals surface area contributed by atoms with E-state index >= 15 is 0 Å². The van der Waals surface area contributed by atoms with Gasteiger partial charge in [-0.2, -0.15) is 13.0 Å². The van der Waals surface area contributed by atoms with E-state index in [2.05, 4.69) is 30.6 Å². The molecule has 1 heterocycles. The molecular formula is C14H21NO4S. The van der Waals surface area contributed by atoms with E-state index in [-0.39, 0.29) is 11.2 Å². The summed E-state index contributed by atoms with van der Waals surface area (Å²) in [5, 5.41) is 0. The summed E-state index contributed by atoms with van der Waals surface area (Å²) in [6, 6.07) is 8.31. The molecule has 0 bridgehead atoms. The van der Waals surface area contributed by atoms with Gasteiger partial charge in [0, 0.05) is 25.0 Å². The minimum absolute atomic E-state index is 0. The van der Waals surface area contributed by atoms with Crippen LogP contribution in [0.3, 0.4) is 0 Å². The SMILES string of the molecule is CC1=[N+](CCCCS(=O)(=O)O)c2ccccc2C1C.[OH-]. The van der Waals surface area contributed by atoms with E-state index in [1.807, 2.05) is 12.1 Å². The van der Waals surface area contributed by atoms with E-state index in [4.69, 9.17) is 4.55 Å². The van der Waals surface area contributed by atoms with E-state index in [9.17, 15) is 8.42 Å². The van der Waals surface area contributed by atoms with Gasteiger partial charge in [-0.1, -0.05) is 18.2 Å². The van der Waals surface area contributed by atoms with Gasteiger partial charge in [0.2, 0.25) is 5.69 Å². The van der Waals surface area contributed by atoms with Crippen molar-refractivity contribution >= 4 is 21.5 Å². The number of para-hydroxylation sites is 1. The van der Waals surface area contributed by atoms with Crippen molar-refractivity contribution in [2.45, 2.75) is 32.6 Å². The molecule has 0 aliphatic carbocycles. The number of unbranched alkanes of at least 4 members (excludes halogenated alkanes) is 1. The van der Waals surface area contributed by atoms with Gasteiger partial charge in [-0.15, -0.1) is 0 Å². The van der Waals surface area contributed by atoms with Gasteiger partial charge in [0.15, 0.2) is 5.71 Å². The Bertz CT molecular complexity index is 607. The van der Waals surface area contributed by atoms with Crippen LogP contribution in [0.2, 0.25) is 0 Å². The van der Waals surface area contributed by atoms with Gasteiger partial charge in [0.1, 0.15) is 6.54 Å². The molecule has 20 heavy (non-hydrogen) atoms. The Morgan fingerprint density at radius 1 is 1.25 bits per heavy atom. The fourth-order valence-corrected chi connectivity index (χ4v) is 3.17. The third kappa shape index (κ3) is 3.65. The summed E-state index contributed by atoms with van der Waals surface area (Å²) < 4.78 is 32.3. The molecule has 1 unspecified atom stereocenters. The smallest absolute Gasteiger partial charge is 0.264 e. The highest BCUT2D eigenvalue weighted by Crippen LogP contribution is 2.34. The summed E-state index contributed by atoms with van der Waals surface area (Å²) in [6.45, 7) is 5.10. The first-order chi connectivity index (χ1) is 8.90. The first-order valence-corrected chi connectivity index (χ1v) is 8.16. The van der Waals surface area contributed by atoms with Crippen molar-refractivity contribution in [1.29, 1.82) is 0 Å². The van der Waals surface area contributed by atoms with Gasteiger partial charge in [-0.05, 0) is 13.3 Å². The van der Waals surface area contributed by atoms with Crippen LogP contribution in [-0.4, -0.2) is 41.0 Å². The largest absolute Gasteiger partial charge is 0.870 e. The summed E-state index contributed by atoms with van der Waals surface area (Å²) in [7, 11) is -3.83. The minimum Gasteiger partial charge on any atom is -0.870 e. The zero-order valence-corrected chi connectivity index (χ0v) is 12.6. The maximum absolute atomic E-state index is 10.7. The molecule has 2 N–H and O–H groups in total. The van der Waals surface area contributed by atoms with Crippen LogP contribution in [0.5, 0.6) is 0 Å². The van der Waals surface area contributed by atoms with Crippen molar-refractivity contribution in [3.63, 3.8) is 0 Å². The maximum atomic E-state index is 10.7. The van der Waals surface area contributed by atoms with Crippen molar-refractivity contribution in [2.24, 2.45) is 0 Å². The first-order valence-electron chi connectivity index (χ1n) is 6.55. The van der Waals surface area contributed by atoms with Crippen LogP contribution in [0.1, 0.15) is 38.2 Å². The van der Waals surface area contributed by atoms with E-state index in [1.54, 1.807) is 0 Å². The molecule has 1 aromatic carbocycles. The van der Waals surface area contributed by atoms with Crippen LogP contribution in [0.15, 0.2) is 24.3 Å². The van der Waals surface area contributed by atoms with Crippen LogP contribution in [-0.2, 0) is 10.1 Å². The van der Waals surface area contributed by atoms with E-state index in [0.29, 0.717) is 12.3 Å². The minimum atomic E-state index is -3.83. The van der Waals surface area contributed by atoms with Crippen molar-refractivity contribution < 1.29 is 23.0 Å². The molecule has 2 rings (SSSR count). The highest BCUT2D eigenvalue weighted by molar-refractivity contribution is 7.85. The van der Waals surface area contributed by atoms with Gasteiger partial charge in [0.25, 0.3) is 10.1 Å². The fourth-order valence-electron chi connectivity index (χ4n) is 2.60. The summed E-state index contributed by atoms with van der Waals surface area (Å²) >= 11 is 0. The molecule has 0 aromatic heterocycles. The second-order valence-electron chi connectivity index (χ2n) is 5.07. The Morgan fingerprint density at radius 3 is 2.55 bits per heavy atom.